The highest BCUT2D eigenvalue weighted by Crippen LogP contribution is 2.22. The number of halogens is 1. The molecule has 1 unspecified atom stereocenters. The number of piperidine rings is 1. The van der Waals surface area contributed by atoms with E-state index in [-0.39, 0.29) is 41.1 Å². The topological polar surface area (TPSA) is 87.6 Å². The molecule has 1 atom stereocenters. The van der Waals surface area contributed by atoms with E-state index >= 15 is 0 Å². The number of amides is 1. The van der Waals surface area contributed by atoms with Crippen molar-refractivity contribution in [3.8, 4) is 0 Å². The smallest absolute Gasteiger partial charge is 0.337 e. The minimum Gasteiger partial charge on any atom is -0.478 e. The number of hydrogen-bond donors (Lipinski definition) is 1. The van der Waals surface area contributed by atoms with Crippen molar-refractivity contribution in [3.63, 3.8) is 0 Å². The predicted molar refractivity (Wildman–Crippen MR) is 95.3 cm³/mol. The summed E-state index contributed by atoms with van der Waals surface area (Å²) in [5, 5.41) is 9.07. The fraction of sp³-hybridized carbons (Fsp3) is 0.300. The van der Waals surface area contributed by atoms with Gasteiger partial charge in [0.15, 0.2) is 5.78 Å². The number of benzene rings is 1. The third-order valence-electron chi connectivity index (χ3n) is 4.74. The summed E-state index contributed by atoms with van der Waals surface area (Å²) in [6.45, 7) is 2.31. The lowest BCUT2D eigenvalue weighted by atomic mass is 9.90. The molecule has 0 bridgehead atoms. The SMILES string of the molecule is Cc1nc(C(=O)N2CCCC(C(=O)c3ccc(F)cc3)C2)ccc1C(=O)O. The van der Waals surface area contributed by atoms with Crippen LogP contribution < -0.4 is 0 Å². The Balaban J connectivity index is 1.74. The maximum absolute atomic E-state index is 13.1. The molecular weight excluding hydrogens is 351 g/mol. The number of carboxylic acid groups (broad SMARTS) is 1. The van der Waals surface area contributed by atoms with E-state index in [0.717, 1.165) is 0 Å². The van der Waals surface area contributed by atoms with Crippen LogP contribution in [0.25, 0.3) is 0 Å². The Hall–Kier alpha value is -3.09. The van der Waals surface area contributed by atoms with Gasteiger partial charge in [-0.05, 0) is 56.2 Å². The molecule has 1 aliphatic rings. The van der Waals surface area contributed by atoms with Gasteiger partial charge in [0.25, 0.3) is 5.91 Å². The lowest BCUT2D eigenvalue weighted by molar-refractivity contribution is 0.0627. The quantitative estimate of drug-likeness (QED) is 0.836. The van der Waals surface area contributed by atoms with E-state index in [0.29, 0.717) is 24.9 Å². The molecule has 2 aromatic rings. The molecule has 1 N–H and O–H groups in total. The van der Waals surface area contributed by atoms with Gasteiger partial charge in [-0.2, -0.15) is 0 Å². The van der Waals surface area contributed by atoms with Gasteiger partial charge in [-0.15, -0.1) is 0 Å². The van der Waals surface area contributed by atoms with Gasteiger partial charge in [-0.3, -0.25) is 9.59 Å². The van der Waals surface area contributed by atoms with E-state index in [1.807, 2.05) is 0 Å². The molecule has 2 heterocycles. The lowest BCUT2D eigenvalue weighted by Gasteiger charge is -2.32. The molecule has 1 amide bonds. The van der Waals surface area contributed by atoms with Crippen molar-refractivity contribution in [2.24, 2.45) is 5.92 Å². The first-order chi connectivity index (χ1) is 12.9. The van der Waals surface area contributed by atoms with Crippen molar-refractivity contribution in [1.82, 2.24) is 9.88 Å². The minimum absolute atomic E-state index is 0.0505. The standard InChI is InChI=1S/C20H19FN2O4/c1-12-16(20(26)27)8-9-17(22-12)19(25)23-10-2-3-14(11-23)18(24)13-4-6-15(21)7-5-13/h4-9,14H,2-3,10-11H2,1H3,(H,26,27). The summed E-state index contributed by atoms with van der Waals surface area (Å²) < 4.78 is 13.1. The van der Waals surface area contributed by atoms with Gasteiger partial charge in [-0.25, -0.2) is 14.2 Å². The monoisotopic (exact) mass is 370 g/mol. The highest BCUT2D eigenvalue weighted by molar-refractivity contribution is 5.99. The van der Waals surface area contributed by atoms with Crippen LogP contribution in [0.5, 0.6) is 0 Å². The van der Waals surface area contributed by atoms with Crippen molar-refractivity contribution < 1.29 is 23.9 Å². The maximum Gasteiger partial charge on any atom is 0.337 e. The van der Waals surface area contributed by atoms with E-state index in [9.17, 15) is 18.8 Å². The largest absolute Gasteiger partial charge is 0.478 e. The van der Waals surface area contributed by atoms with Crippen LogP contribution in [0.15, 0.2) is 36.4 Å². The van der Waals surface area contributed by atoms with Crippen LogP contribution in [0, 0.1) is 18.7 Å². The third-order valence-corrected chi connectivity index (χ3v) is 4.74. The molecule has 140 valence electrons. The molecule has 1 aromatic heterocycles. The number of aromatic nitrogens is 1. The van der Waals surface area contributed by atoms with E-state index < -0.39 is 11.8 Å². The molecule has 0 spiro atoms. The van der Waals surface area contributed by atoms with Crippen LogP contribution >= 0.6 is 0 Å². The molecule has 0 aliphatic carbocycles. The highest BCUT2D eigenvalue weighted by Gasteiger charge is 2.30. The third kappa shape index (κ3) is 4.02. The number of aromatic carboxylic acids is 1. The van der Waals surface area contributed by atoms with Crippen LogP contribution in [0.1, 0.15) is 49.7 Å². The van der Waals surface area contributed by atoms with Gasteiger partial charge in [-0.1, -0.05) is 0 Å². The van der Waals surface area contributed by atoms with E-state index in [4.69, 9.17) is 5.11 Å². The van der Waals surface area contributed by atoms with Gasteiger partial charge >= 0.3 is 5.97 Å². The first-order valence-electron chi connectivity index (χ1n) is 8.67. The molecule has 0 radical (unpaired) electrons. The lowest BCUT2D eigenvalue weighted by Crippen LogP contribution is -2.42. The summed E-state index contributed by atoms with van der Waals surface area (Å²) in [6, 6.07) is 8.15. The Labute approximate surface area is 155 Å². The Morgan fingerprint density at radius 3 is 2.48 bits per heavy atom. The number of hydrogen-bond acceptors (Lipinski definition) is 4. The number of carboxylic acids is 1. The van der Waals surface area contributed by atoms with E-state index in [1.165, 1.54) is 43.3 Å². The molecular formula is C20H19FN2O4. The number of ketones is 1. The molecule has 0 saturated carbocycles. The number of Topliss-reactive ketones (excluding diaryl/α,β-unsaturated/α-hetero) is 1. The summed E-state index contributed by atoms with van der Waals surface area (Å²) in [5.41, 5.74) is 0.904. The molecule has 1 aliphatic heterocycles. The maximum atomic E-state index is 13.1. The van der Waals surface area contributed by atoms with Crippen molar-refractivity contribution >= 4 is 17.7 Å². The van der Waals surface area contributed by atoms with Crippen LogP contribution in [-0.2, 0) is 0 Å². The Morgan fingerprint density at radius 2 is 1.85 bits per heavy atom. The minimum atomic E-state index is -1.10. The summed E-state index contributed by atoms with van der Waals surface area (Å²) in [4.78, 5) is 42.1. The molecule has 3 rings (SSSR count). The van der Waals surface area contributed by atoms with Gasteiger partial charge in [0, 0.05) is 24.6 Å². The summed E-state index contributed by atoms with van der Waals surface area (Å²) in [7, 11) is 0. The first kappa shape index (κ1) is 18.7. The van der Waals surface area contributed by atoms with Gasteiger partial charge in [0.2, 0.25) is 0 Å². The number of carbonyl (C=O) groups excluding carboxylic acids is 2. The van der Waals surface area contributed by atoms with Crippen LogP contribution in [0.2, 0.25) is 0 Å². The van der Waals surface area contributed by atoms with Crippen LogP contribution in [-0.4, -0.2) is 45.7 Å². The average Bonchev–Trinajstić information content (AvgIpc) is 2.67. The number of nitrogens with zero attached hydrogens (tertiary/aromatic N) is 2. The number of pyridine rings is 1. The predicted octanol–water partition coefficient (Wildman–Crippen LogP) is 2.96. The Bertz CT molecular complexity index is 895. The summed E-state index contributed by atoms with van der Waals surface area (Å²) in [6.07, 6.45) is 1.33. The van der Waals surface area contributed by atoms with Gasteiger partial charge in [0.05, 0.1) is 11.3 Å². The van der Waals surface area contributed by atoms with Crippen LogP contribution in [0.4, 0.5) is 4.39 Å². The van der Waals surface area contributed by atoms with Gasteiger partial charge in [0.1, 0.15) is 11.5 Å². The number of carbonyl (C=O) groups is 3. The second-order valence-electron chi connectivity index (χ2n) is 6.60. The van der Waals surface area contributed by atoms with Crippen molar-refractivity contribution in [2.45, 2.75) is 19.8 Å². The highest BCUT2D eigenvalue weighted by atomic mass is 19.1. The zero-order chi connectivity index (χ0) is 19.6. The van der Waals surface area contributed by atoms with Crippen molar-refractivity contribution in [1.29, 1.82) is 0 Å². The summed E-state index contributed by atoms with van der Waals surface area (Å²) in [5.74, 6) is -2.29. The van der Waals surface area contributed by atoms with Crippen molar-refractivity contribution in [3.05, 3.63) is 64.7 Å². The van der Waals surface area contributed by atoms with E-state index in [1.54, 1.807) is 4.90 Å². The zero-order valence-electron chi connectivity index (χ0n) is 14.8. The molecule has 1 saturated heterocycles. The zero-order valence-corrected chi connectivity index (χ0v) is 14.8. The summed E-state index contributed by atoms with van der Waals surface area (Å²) >= 11 is 0. The molecule has 6 nitrogen and oxygen atoms in total. The number of aryl methyl sites for hydroxylation is 1. The van der Waals surface area contributed by atoms with Crippen molar-refractivity contribution in [2.75, 3.05) is 13.1 Å². The molecule has 1 aromatic carbocycles. The first-order valence-corrected chi connectivity index (χ1v) is 8.67. The number of rotatable bonds is 4. The average molecular weight is 370 g/mol. The van der Waals surface area contributed by atoms with Crippen LogP contribution in [0.3, 0.4) is 0 Å². The Morgan fingerprint density at radius 1 is 1.15 bits per heavy atom. The second-order valence-corrected chi connectivity index (χ2v) is 6.60. The molecule has 27 heavy (non-hydrogen) atoms. The Kier molecular flexibility index (Phi) is 5.30. The van der Waals surface area contributed by atoms with E-state index in [2.05, 4.69) is 4.98 Å². The molecule has 7 heteroatoms. The fourth-order valence-electron chi connectivity index (χ4n) is 3.29. The van der Waals surface area contributed by atoms with Gasteiger partial charge < -0.3 is 10.0 Å². The fourth-order valence-corrected chi connectivity index (χ4v) is 3.29. The normalized spacial score (nSPS) is 16.8. The second kappa shape index (κ2) is 7.65. The molecule has 1 fully saturated rings. The number of likely N-dealkylation sites (tertiary alicyclic amines) is 1.